The minimum absolute atomic E-state index is 0.0146. The summed E-state index contributed by atoms with van der Waals surface area (Å²) in [7, 11) is -3.64. The minimum Gasteiger partial charge on any atom is -0.381 e. The van der Waals surface area contributed by atoms with Crippen molar-refractivity contribution < 1.29 is 22.1 Å². The van der Waals surface area contributed by atoms with Crippen LogP contribution in [0.1, 0.15) is 66.0 Å². The molecule has 2 aromatic carbocycles. The molecule has 0 bridgehead atoms. The highest BCUT2D eigenvalue weighted by Crippen LogP contribution is 2.39. The zero-order chi connectivity index (χ0) is 26.0. The molecule has 0 aliphatic carbocycles. The SMILES string of the molecule is Cc1cc(CNC2(c3ccc(CN4[C@@H](C)CC[C@H](c5ccccc5)S4(=O)=O)c(F)c3)CCOCC2)no1. The molecule has 198 valence electrons. The van der Waals surface area contributed by atoms with Crippen molar-refractivity contribution in [3.63, 3.8) is 0 Å². The van der Waals surface area contributed by atoms with Crippen LogP contribution in [0.15, 0.2) is 59.1 Å². The van der Waals surface area contributed by atoms with Crippen LogP contribution >= 0.6 is 0 Å². The van der Waals surface area contributed by atoms with Crippen LogP contribution in [-0.2, 0) is 33.4 Å². The van der Waals surface area contributed by atoms with Gasteiger partial charge in [0, 0.05) is 49.5 Å². The molecular weight excluding hydrogens is 493 g/mol. The van der Waals surface area contributed by atoms with Crippen molar-refractivity contribution >= 4 is 10.0 Å². The smallest absolute Gasteiger partial charge is 0.221 e. The number of hydrogen-bond donors (Lipinski definition) is 1. The third-order valence-corrected chi connectivity index (χ3v) is 10.1. The monoisotopic (exact) mass is 527 g/mol. The lowest BCUT2D eigenvalue weighted by Crippen LogP contribution is -2.46. The fourth-order valence-electron chi connectivity index (χ4n) is 5.54. The maximum Gasteiger partial charge on any atom is 0.221 e. The lowest BCUT2D eigenvalue weighted by atomic mass is 9.82. The number of hydrogen-bond acceptors (Lipinski definition) is 6. The third kappa shape index (κ3) is 5.36. The van der Waals surface area contributed by atoms with Gasteiger partial charge in [0.2, 0.25) is 10.0 Å². The Balaban J connectivity index is 1.38. The van der Waals surface area contributed by atoms with Crippen LogP contribution in [0.2, 0.25) is 0 Å². The van der Waals surface area contributed by atoms with E-state index in [1.807, 2.05) is 56.3 Å². The zero-order valence-electron chi connectivity index (χ0n) is 21.3. The van der Waals surface area contributed by atoms with E-state index in [4.69, 9.17) is 9.26 Å². The summed E-state index contributed by atoms with van der Waals surface area (Å²) >= 11 is 0. The lowest BCUT2D eigenvalue weighted by Gasteiger charge is -2.39. The molecule has 2 aliphatic heterocycles. The van der Waals surface area contributed by atoms with Crippen molar-refractivity contribution in [2.45, 2.75) is 69.5 Å². The second-order valence-electron chi connectivity index (χ2n) is 10.2. The Labute approximate surface area is 218 Å². The summed E-state index contributed by atoms with van der Waals surface area (Å²) in [6, 6.07) is 16.2. The molecule has 2 atom stereocenters. The Hall–Kier alpha value is -2.59. The van der Waals surface area contributed by atoms with Crippen LogP contribution in [0.4, 0.5) is 4.39 Å². The van der Waals surface area contributed by atoms with Crippen LogP contribution < -0.4 is 5.32 Å². The highest BCUT2D eigenvalue weighted by Gasteiger charge is 2.41. The van der Waals surface area contributed by atoms with Gasteiger partial charge in [-0.15, -0.1) is 0 Å². The quantitative estimate of drug-likeness (QED) is 0.467. The summed E-state index contributed by atoms with van der Waals surface area (Å²) in [6.45, 7) is 5.39. The number of aromatic nitrogens is 1. The zero-order valence-corrected chi connectivity index (χ0v) is 22.1. The molecular formula is C28H34FN3O4S. The largest absolute Gasteiger partial charge is 0.381 e. The van der Waals surface area contributed by atoms with E-state index in [1.165, 1.54) is 4.31 Å². The highest BCUT2D eigenvalue weighted by atomic mass is 32.2. The summed E-state index contributed by atoms with van der Waals surface area (Å²) < 4.78 is 55.0. The van der Waals surface area contributed by atoms with Crippen LogP contribution in [0.3, 0.4) is 0 Å². The number of halogens is 1. The normalized spacial score (nSPS) is 23.6. The Morgan fingerprint density at radius 1 is 1.11 bits per heavy atom. The summed E-state index contributed by atoms with van der Waals surface area (Å²) in [5.41, 5.74) is 2.31. The average Bonchev–Trinajstić information content (AvgIpc) is 3.32. The molecule has 1 N–H and O–H groups in total. The Bertz CT molecular complexity index is 1320. The predicted octanol–water partition coefficient (Wildman–Crippen LogP) is 4.97. The molecule has 2 saturated heterocycles. The van der Waals surface area contributed by atoms with Gasteiger partial charge >= 0.3 is 0 Å². The van der Waals surface area contributed by atoms with Gasteiger partial charge in [-0.05, 0) is 56.7 Å². The van der Waals surface area contributed by atoms with E-state index in [1.54, 1.807) is 12.1 Å². The van der Waals surface area contributed by atoms with Crippen molar-refractivity contribution in [1.82, 2.24) is 14.8 Å². The number of nitrogens with one attached hydrogen (secondary N) is 1. The molecule has 2 aliphatic rings. The van der Waals surface area contributed by atoms with E-state index in [2.05, 4.69) is 10.5 Å². The van der Waals surface area contributed by atoms with Gasteiger partial charge in [0.1, 0.15) is 16.8 Å². The second-order valence-corrected chi connectivity index (χ2v) is 12.3. The molecule has 7 nitrogen and oxygen atoms in total. The molecule has 0 saturated carbocycles. The van der Waals surface area contributed by atoms with Gasteiger partial charge in [0.25, 0.3) is 0 Å². The van der Waals surface area contributed by atoms with Crippen molar-refractivity contribution in [2.24, 2.45) is 0 Å². The molecule has 0 unspecified atom stereocenters. The van der Waals surface area contributed by atoms with E-state index >= 15 is 4.39 Å². The van der Waals surface area contributed by atoms with Gasteiger partial charge in [-0.2, -0.15) is 4.31 Å². The van der Waals surface area contributed by atoms with Gasteiger partial charge in [-0.3, -0.25) is 0 Å². The molecule has 3 aromatic rings. The van der Waals surface area contributed by atoms with Crippen LogP contribution in [0.5, 0.6) is 0 Å². The Morgan fingerprint density at radius 3 is 2.54 bits per heavy atom. The predicted molar refractivity (Wildman–Crippen MR) is 139 cm³/mol. The van der Waals surface area contributed by atoms with E-state index in [0.29, 0.717) is 44.6 Å². The lowest BCUT2D eigenvalue weighted by molar-refractivity contribution is 0.0354. The van der Waals surface area contributed by atoms with Gasteiger partial charge in [0.15, 0.2) is 0 Å². The Morgan fingerprint density at radius 2 is 1.86 bits per heavy atom. The first-order chi connectivity index (χ1) is 17.8. The molecule has 0 spiro atoms. The van der Waals surface area contributed by atoms with Crippen molar-refractivity contribution in [2.75, 3.05) is 13.2 Å². The maximum atomic E-state index is 15.6. The average molecular weight is 528 g/mol. The van der Waals surface area contributed by atoms with Crippen molar-refractivity contribution in [3.05, 3.63) is 88.6 Å². The number of sulfonamides is 1. The van der Waals surface area contributed by atoms with Gasteiger partial charge in [-0.25, -0.2) is 12.8 Å². The fourth-order valence-corrected chi connectivity index (χ4v) is 7.73. The molecule has 2 fully saturated rings. The minimum atomic E-state index is -3.64. The molecule has 37 heavy (non-hydrogen) atoms. The summed E-state index contributed by atoms with van der Waals surface area (Å²) in [4.78, 5) is 0. The van der Waals surface area contributed by atoms with E-state index < -0.39 is 26.6 Å². The third-order valence-electron chi connectivity index (χ3n) is 7.76. The molecule has 1 aromatic heterocycles. The van der Waals surface area contributed by atoms with Gasteiger partial charge in [-0.1, -0.05) is 47.6 Å². The molecule has 3 heterocycles. The summed E-state index contributed by atoms with van der Waals surface area (Å²) in [5, 5.41) is 7.03. The number of ether oxygens (including phenoxy) is 1. The first-order valence-corrected chi connectivity index (χ1v) is 14.4. The molecule has 9 heteroatoms. The number of nitrogens with zero attached hydrogens (tertiary/aromatic N) is 2. The molecule has 0 amide bonds. The summed E-state index contributed by atoms with van der Waals surface area (Å²) in [5.74, 6) is 0.344. The van der Waals surface area contributed by atoms with Crippen molar-refractivity contribution in [1.29, 1.82) is 0 Å². The topological polar surface area (TPSA) is 84.7 Å². The maximum absolute atomic E-state index is 15.6. The van der Waals surface area contributed by atoms with Crippen LogP contribution in [-0.4, -0.2) is 37.1 Å². The Kier molecular flexibility index (Phi) is 7.49. The van der Waals surface area contributed by atoms with E-state index in [0.717, 1.165) is 29.0 Å². The fraction of sp³-hybridized carbons (Fsp3) is 0.464. The first-order valence-electron chi connectivity index (χ1n) is 12.9. The van der Waals surface area contributed by atoms with Gasteiger partial charge in [0.05, 0.1) is 5.69 Å². The second kappa shape index (κ2) is 10.6. The highest BCUT2D eigenvalue weighted by molar-refractivity contribution is 7.89. The first kappa shape index (κ1) is 26.0. The van der Waals surface area contributed by atoms with E-state index in [-0.39, 0.29) is 12.6 Å². The molecule has 5 rings (SSSR count). The van der Waals surface area contributed by atoms with Gasteiger partial charge < -0.3 is 14.6 Å². The van der Waals surface area contributed by atoms with Crippen LogP contribution in [0.25, 0.3) is 0 Å². The number of rotatable bonds is 7. The standard InChI is InChI=1S/C28H34FN3O4S/c1-20-8-11-27(22-6-4-3-5-7-22)37(33,34)32(20)19-23-9-10-24(17-26(23)29)28(12-14-35-15-13-28)30-18-25-16-21(2)36-31-25/h3-7,9-10,16-17,20,27,30H,8,11-15,18-19H2,1-2H3/t20-,27+/m0/s1. The number of aryl methyl sites for hydroxylation is 1. The molecule has 0 radical (unpaired) electrons. The number of benzene rings is 2. The van der Waals surface area contributed by atoms with Crippen LogP contribution in [0, 0.1) is 12.7 Å². The van der Waals surface area contributed by atoms with Crippen molar-refractivity contribution in [3.8, 4) is 0 Å². The van der Waals surface area contributed by atoms with E-state index in [9.17, 15) is 8.42 Å². The summed E-state index contributed by atoms with van der Waals surface area (Å²) in [6.07, 6.45) is 2.68.